The number of thioether (sulfide) groups is 1. The largest absolute Gasteiger partial charge is 0.315 e. The smallest absolute Gasteiger partial charge is 0.209 e. The van der Waals surface area contributed by atoms with Crippen molar-refractivity contribution in [2.45, 2.75) is 25.0 Å². The number of benzene rings is 1. The fourth-order valence-electron chi connectivity index (χ4n) is 1.80. The highest BCUT2D eigenvalue weighted by Crippen LogP contribution is 2.14. The van der Waals surface area contributed by atoms with Crippen molar-refractivity contribution in [3.8, 4) is 0 Å². The molecule has 2 rings (SSSR count). The van der Waals surface area contributed by atoms with Crippen LogP contribution in [0.2, 0.25) is 0 Å². The van der Waals surface area contributed by atoms with Gasteiger partial charge in [-0.1, -0.05) is 61.2 Å². The van der Waals surface area contributed by atoms with E-state index in [-0.39, 0.29) is 0 Å². The standard InChI is InChI=1S/C15H21N5S/c1-2-10-16-11-12-20-15(17-18-19-20)21-13-6-9-14-7-4-3-5-8-14/h3-9,16H,2,10-13H2,1H3. The Morgan fingerprint density at radius 2 is 2.10 bits per heavy atom. The third-order valence-electron chi connectivity index (χ3n) is 2.84. The Balaban J connectivity index is 1.76. The highest BCUT2D eigenvalue weighted by atomic mass is 32.2. The molecule has 0 fully saturated rings. The molecule has 21 heavy (non-hydrogen) atoms. The predicted molar refractivity (Wildman–Crippen MR) is 87.2 cm³/mol. The lowest BCUT2D eigenvalue weighted by Gasteiger charge is -2.04. The number of aromatic nitrogens is 4. The third-order valence-corrected chi connectivity index (χ3v) is 3.75. The van der Waals surface area contributed by atoms with Gasteiger partial charge in [-0.05, 0) is 29.0 Å². The molecule has 112 valence electrons. The van der Waals surface area contributed by atoms with Gasteiger partial charge in [0.2, 0.25) is 5.16 Å². The summed E-state index contributed by atoms with van der Waals surface area (Å²) >= 11 is 1.65. The van der Waals surface area contributed by atoms with Gasteiger partial charge >= 0.3 is 0 Å². The summed E-state index contributed by atoms with van der Waals surface area (Å²) in [5, 5.41) is 16.0. The van der Waals surface area contributed by atoms with Gasteiger partial charge in [-0.15, -0.1) is 5.10 Å². The Kier molecular flexibility index (Phi) is 6.97. The fourth-order valence-corrected chi connectivity index (χ4v) is 2.51. The van der Waals surface area contributed by atoms with Crippen LogP contribution in [-0.2, 0) is 6.54 Å². The summed E-state index contributed by atoms with van der Waals surface area (Å²) in [7, 11) is 0. The van der Waals surface area contributed by atoms with Crippen LogP contribution in [0.4, 0.5) is 0 Å². The minimum Gasteiger partial charge on any atom is -0.315 e. The first-order valence-electron chi connectivity index (χ1n) is 7.21. The SMILES string of the molecule is CCCNCCn1nnnc1SCC=Cc1ccccc1. The second-order valence-corrected chi connectivity index (χ2v) is 5.55. The highest BCUT2D eigenvalue weighted by Gasteiger charge is 2.04. The van der Waals surface area contributed by atoms with Crippen LogP contribution in [0.5, 0.6) is 0 Å². The van der Waals surface area contributed by atoms with Crippen molar-refractivity contribution in [3.05, 3.63) is 42.0 Å². The number of tetrazole rings is 1. The van der Waals surface area contributed by atoms with Gasteiger partial charge in [0.1, 0.15) is 0 Å². The van der Waals surface area contributed by atoms with Crippen molar-refractivity contribution in [1.82, 2.24) is 25.5 Å². The molecule has 0 radical (unpaired) electrons. The molecule has 1 aromatic heterocycles. The lowest BCUT2D eigenvalue weighted by Crippen LogP contribution is -2.21. The van der Waals surface area contributed by atoms with Crippen LogP contribution in [0.25, 0.3) is 6.08 Å². The molecule has 0 amide bonds. The monoisotopic (exact) mass is 303 g/mol. The maximum absolute atomic E-state index is 4.06. The second-order valence-electron chi connectivity index (χ2n) is 4.56. The van der Waals surface area contributed by atoms with Crippen molar-refractivity contribution in [1.29, 1.82) is 0 Å². The summed E-state index contributed by atoms with van der Waals surface area (Å²) < 4.78 is 1.85. The van der Waals surface area contributed by atoms with E-state index in [4.69, 9.17) is 0 Å². The number of hydrogen-bond acceptors (Lipinski definition) is 5. The number of nitrogens with one attached hydrogen (secondary N) is 1. The first kappa shape index (κ1) is 15.7. The van der Waals surface area contributed by atoms with Crippen LogP contribution in [0.1, 0.15) is 18.9 Å². The van der Waals surface area contributed by atoms with Crippen molar-refractivity contribution < 1.29 is 0 Å². The number of rotatable bonds is 9. The molecule has 1 heterocycles. The van der Waals surface area contributed by atoms with E-state index in [2.05, 4.69) is 52.1 Å². The van der Waals surface area contributed by atoms with Gasteiger partial charge in [0, 0.05) is 12.3 Å². The average molecular weight is 303 g/mol. The molecule has 0 saturated heterocycles. The maximum Gasteiger partial charge on any atom is 0.209 e. The minimum absolute atomic E-state index is 0.803. The fraction of sp³-hybridized carbons (Fsp3) is 0.400. The first-order chi connectivity index (χ1) is 10.4. The van der Waals surface area contributed by atoms with Gasteiger partial charge in [-0.2, -0.15) is 0 Å². The molecule has 0 aliphatic heterocycles. The zero-order valence-electron chi connectivity index (χ0n) is 12.3. The van der Waals surface area contributed by atoms with Crippen molar-refractivity contribution >= 4 is 17.8 Å². The zero-order chi connectivity index (χ0) is 14.8. The van der Waals surface area contributed by atoms with Crippen LogP contribution in [0, 0.1) is 0 Å². The van der Waals surface area contributed by atoms with Gasteiger partial charge in [-0.3, -0.25) is 0 Å². The van der Waals surface area contributed by atoms with Crippen LogP contribution in [0.15, 0.2) is 41.6 Å². The van der Waals surface area contributed by atoms with Crippen LogP contribution >= 0.6 is 11.8 Å². The van der Waals surface area contributed by atoms with E-state index >= 15 is 0 Å². The van der Waals surface area contributed by atoms with E-state index in [9.17, 15) is 0 Å². The molecular formula is C15H21N5S. The molecule has 0 aliphatic rings. The lowest BCUT2D eigenvalue weighted by molar-refractivity contribution is 0.511. The van der Waals surface area contributed by atoms with Gasteiger partial charge in [0.15, 0.2) is 0 Å². The Morgan fingerprint density at radius 1 is 1.24 bits per heavy atom. The zero-order valence-corrected chi connectivity index (χ0v) is 13.1. The van der Waals surface area contributed by atoms with Gasteiger partial charge in [0.05, 0.1) is 6.54 Å². The Hall–Kier alpha value is -1.66. The van der Waals surface area contributed by atoms with Crippen LogP contribution in [0.3, 0.4) is 0 Å². The average Bonchev–Trinajstić information content (AvgIpc) is 2.97. The van der Waals surface area contributed by atoms with Gasteiger partial charge in [0.25, 0.3) is 0 Å². The van der Waals surface area contributed by atoms with Crippen LogP contribution < -0.4 is 5.32 Å². The summed E-state index contributed by atoms with van der Waals surface area (Å²) in [6.07, 6.45) is 5.39. The number of hydrogen-bond donors (Lipinski definition) is 1. The normalized spacial score (nSPS) is 11.3. The minimum atomic E-state index is 0.803. The Morgan fingerprint density at radius 3 is 2.90 bits per heavy atom. The van der Waals surface area contributed by atoms with Gasteiger partial charge in [-0.25, -0.2) is 4.68 Å². The first-order valence-corrected chi connectivity index (χ1v) is 8.20. The predicted octanol–water partition coefficient (Wildman–Crippen LogP) is 2.48. The van der Waals surface area contributed by atoms with E-state index in [0.29, 0.717) is 0 Å². The van der Waals surface area contributed by atoms with E-state index in [1.54, 1.807) is 11.8 Å². The summed E-state index contributed by atoms with van der Waals surface area (Å²) in [6.45, 7) is 4.89. The second kappa shape index (κ2) is 9.31. The van der Waals surface area contributed by atoms with Crippen molar-refractivity contribution in [3.63, 3.8) is 0 Å². The molecule has 0 unspecified atom stereocenters. The third kappa shape index (κ3) is 5.69. The molecule has 0 bridgehead atoms. The Labute approximate surface area is 129 Å². The molecular weight excluding hydrogens is 282 g/mol. The number of nitrogens with zero attached hydrogens (tertiary/aromatic N) is 4. The maximum atomic E-state index is 4.06. The Bertz CT molecular complexity index is 538. The highest BCUT2D eigenvalue weighted by molar-refractivity contribution is 7.99. The molecule has 0 atom stereocenters. The van der Waals surface area contributed by atoms with E-state index in [1.807, 2.05) is 22.9 Å². The molecule has 1 aromatic carbocycles. The topological polar surface area (TPSA) is 55.6 Å². The van der Waals surface area contributed by atoms with E-state index in [0.717, 1.165) is 37.0 Å². The van der Waals surface area contributed by atoms with Gasteiger partial charge < -0.3 is 5.32 Å². The molecule has 5 nitrogen and oxygen atoms in total. The van der Waals surface area contributed by atoms with Crippen molar-refractivity contribution in [2.24, 2.45) is 0 Å². The molecule has 6 heteroatoms. The van der Waals surface area contributed by atoms with E-state index in [1.165, 1.54) is 5.56 Å². The van der Waals surface area contributed by atoms with E-state index < -0.39 is 0 Å². The molecule has 0 spiro atoms. The molecule has 1 N–H and O–H groups in total. The summed E-state index contributed by atoms with van der Waals surface area (Å²) in [5.74, 6) is 0.859. The molecule has 0 aliphatic carbocycles. The van der Waals surface area contributed by atoms with Crippen LogP contribution in [-0.4, -0.2) is 39.0 Å². The summed E-state index contributed by atoms with van der Waals surface area (Å²) in [6, 6.07) is 10.3. The molecule has 2 aromatic rings. The van der Waals surface area contributed by atoms with Crippen molar-refractivity contribution in [2.75, 3.05) is 18.8 Å². The summed E-state index contributed by atoms with van der Waals surface area (Å²) in [5.41, 5.74) is 1.21. The molecule has 0 saturated carbocycles. The quantitative estimate of drug-likeness (QED) is 0.570. The summed E-state index contributed by atoms with van der Waals surface area (Å²) in [4.78, 5) is 0. The lowest BCUT2D eigenvalue weighted by atomic mass is 10.2.